The van der Waals surface area contributed by atoms with Crippen LogP contribution in [0.15, 0.2) is 36.7 Å². The molecule has 7 heteroatoms. The largest absolute Gasteiger partial charge is 0.375 e. The summed E-state index contributed by atoms with van der Waals surface area (Å²) in [6.45, 7) is 5.29. The van der Waals surface area contributed by atoms with Crippen molar-refractivity contribution in [3.63, 3.8) is 0 Å². The summed E-state index contributed by atoms with van der Waals surface area (Å²) in [7, 11) is 3.42. The molecule has 0 bridgehead atoms. The summed E-state index contributed by atoms with van der Waals surface area (Å²) in [6.07, 6.45) is 3.98. The maximum absolute atomic E-state index is 13.0. The van der Waals surface area contributed by atoms with Crippen LogP contribution in [-0.2, 0) is 27.8 Å². The summed E-state index contributed by atoms with van der Waals surface area (Å²) in [5, 5.41) is 3.01. The highest BCUT2D eigenvalue weighted by molar-refractivity contribution is 5.80. The lowest BCUT2D eigenvalue weighted by atomic mass is 9.99. The van der Waals surface area contributed by atoms with Gasteiger partial charge >= 0.3 is 0 Å². The number of carbonyl (C=O) groups excluding carboxylic acids is 2. The molecule has 29 heavy (non-hydrogen) atoms. The molecule has 7 nitrogen and oxygen atoms in total. The van der Waals surface area contributed by atoms with Gasteiger partial charge in [0.15, 0.2) is 0 Å². The average molecular weight is 399 g/mol. The van der Waals surface area contributed by atoms with E-state index in [0.29, 0.717) is 25.4 Å². The van der Waals surface area contributed by atoms with Crippen LogP contribution in [0.4, 0.5) is 0 Å². The third-order valence-corrected chi connectivity index (χ3v) is 5.46. The third kappa shape index (κ3) is 5.03. The quantitative estimate of drug-likeness (QED) is 0.772. The van der Waals surface area contributed by atoms with Gasteiger partial charge in [-0.05, 0) is 17.0 Å². The molecule has 0 saturated carbocycles. The maximum atomic E-state index is 13.0. The van der Waals surface area contributed by atoms with Crippen molar-refractivity contribution in [2.75, 3.05) is 26.8 Å². The summed E-state index contributed by atoms with van der Waals surface area (Å²) in [5.74, 6) is 1.11. The van der Waals surface area contributed by atoms with Crippen molar-refractivity contribution in [1.29, 1.82) is 0 Å². The molecule has 2 aromatic rings. The lowest BCUT2D eigenvalue weighted by molar-refractivity contribution is -0.130. The predicted molar refractivity (Wildman–Crippen MR) is 111 cm³/mol. The number of nitrogens with zero attached hydrogens (tertiary/aromatic N) is 3. The molecule has 156 valence electrons. The molecule has 1 saturated heterocycles. The summed E-state index contributed by atoms with van der Waals surface area (Å²) < 4.78 is 6.88. The minimum atomic E-state index is -0.190. The Labute approximate surface area is 172 Å². The molecule has 1 aliphatic rings. The van der Waals surface area contributed by atoms with Gasteiger partial charge in [0, 0.05) is 39.6 Å². The number of methoxy groups -OCH3 is 1. The summed E-state index contributed by atoms with van der Waals surface area (Å²) in [4.78, 5) is 31.4. The first-order valence-corrected chi connectivity index (χ1v) is 10.0. The number of ether oxygens (including phenoxy) is 1. The monoisotopic (exact) mass is 398 g/mol. The summed E-state index contributed by atoms with van der Waals surface area (Å²) >= 11 is 0. The molecule has 1 aromatic heterocycles. The van der Waals surface area contributed by atoms with E-state index >= 15 is 0 Å². The normalized spacial score (nSPS) is 19.0. The number of rotatable bonds is 7. The van der Waals surface area contributed by atoms with E-state index in [1.807, 2.05) is 34.8 Å². The zero-order valence-electron chi connectivity index (χ0n) is 17.6. The van der Waals surface area contributed by atoms with Gasteiger partial charge in [0.05, 0.1) is 18.4 Å². The second-order valence-corrected chi connectivity index (χ2v) is 7.99. The number of aromatic nitrogens is 2. The minimum absolute atomic E-state index is 0.000272. The number of benzene rings is 1. The standard InChI is InChI=1S/C22H30N4O3/c1-15(2)17-7-5-6-16(10-17)11-21(28)26-12-18(22-23-8-9-25(22)3)19(13-26)24-20(27)14-29-4/h5-10,15,18-19H,11-14H2,1-4H3,(H,24,27)/t18-,19-/m1/s1. The van der Waals surface area contributed by atoms with Gasteiger partial charge < -0.3 is 19.5 Å². The van der Waals surface area contributed by atoms with Crippen LogP contribution >= 0.6 is 0 Å². The van der Waals surface area contributed by atoms with Crippen LogP contribution in [0.5, 0.6) is 0 Å². The molecule has 2 amide bonds. The van der Waals surface area contributed by atoms with Gasteiger partial charge in [-0.15, -0.1) is 0 Å². The molecule has 1 fully saturated rings. The number of hydrogen-bond donors (Lipinski definition) is 1. The van der Waals surface area contributed by atoms with Crippen molar-refractivity contribution in [1.82, 2.24) is 19.8 Å². The van der Waals surface area contributed by atoms with Gasteiger partial charge in [-0.3, -0.25) is 9.59 Å². The predicted octanol–water partition coefficient (Wildman–Crippen LogP) is 1.84. The average Bonchev–Trinajstić information content (AvgIpc) is 3.28. The van der Waals surface area contributed by atoms with E-state index in [-0.39, 0.29) is 30.4 Å². The highest BCUT2D eigenvalue weighted by Gasteiger charge is 2.38. The third-order valence-electron chi connectivity index (χ3n) is 5.46. The molecule has 0 spiro atoms. The molecule has 2 heterocycles. The van der Waals surface area contributed by atoms with Gasteiger partial charge in [-0.2, -0.15) is 0 Å². The molecule has 2 atom stereocenters. The van der Waals surface area contributed by atoms with Crippen molar-refractivity contribution < 1.29 is 14.3 Å². The molecule has 3 rings (SSSR count). The number of nitrogens with one attached hydrogen (secondary N) is 1. The van der Waals surface area contributed by atoms with Gasteiger partial charge in [-0.25, -0.2) is 4.98 Å². The van der Waals surface area contributed by atoms with Crippen LogP contribution in [0.25, 0.3) is 0 Å². The Balaban J connectivity index is 1.74. The first-order chi connectivity index (χ1) is 13.9. The smallest absolute Gasteiger partial charge is 0.246 e. The Bertz CT molecular complexity index is 861. The van der Waals surface area contributed by atoms with Crippen LogP contribution in [-0.4, -0.2) is 59.1 Å². The number of imidazole rings is 1. The second-order valence-electron chi connectivity index (χ2n) is 7.99. The highest BCUT2D eigenvalue weighted by Crippen LogP contribution is 2.27. The lowest BCUT2D eigenvalue weighted by Crippen LogP contribution is -2.42. The van der Waals surface area contributed by atoms with Gasteiger partial charge in [0.2, 0.25) is 11.8 Å². The van der Waals surface area contributed by atoms with Crippen molar-refractivity contribution in [2.24, 2.45) is 7.05 Å². The van der Waals surface area contributed by atoms with E-state index in [1.54, 1.807) is 6.20 Å². The van der Waals surface area contributed by atoms with Crippen LogP contribution in [0.3, 0.4) is 0 Å². The zero-order chi connectivity index (χ0) is 21.0. The maximum Gasteiger partial charge on any atom is 0.246 e. The molecule has 0 unspecified atom stereocenters. The van der Waals surface area contributed by atoms with E-state index in [1.165, 1.54) is 12.7 Å². The lowest BCUT2D eigenvalue weighted by Gasteiger charge is -2.19. The van der Waals surface area contributed by atoms with E-state index in [9.17, 15) is 9.59 Å². The number of likely N-dealkylation sites (tertiary alicyclic amines) is 1. The van der Waals surface area contributed by atoms with Crippen molar-refractivity contribution >= 4 is 11.8 Å². The van der Waals surface area contributed by atoms with Gasteiger partial charge in [-0.1, -0.05) is 38.1 Å². The van der Waals surface area contributed by atoms with Crippen LogP contribution in [0, 0.1) is 0 Å². The Morgan fingerprint density at radius 2 is 2.10 bits per heavy atom. The van der Waals surface area contributed by atoms with E-state index in [0.717, 1.165) is 11.4 Å². The van der Waals surface area contributed by atoms with Crippen molar-refractivity contribution in [3.05, 3.63) is 53.6 Å². The molecule has 0 aliphatic carbocycles. The highest BCUT2D eigenvalue weighted by atomic mass is 16.5. The van der Waals surface area contributed by atoms with Crippen LogP contribution in [0.1, 0.15) is 42.6 Å². The number of carbonyl (C=O) groups is 2. The first kappa shape index (κ1) is 21.0. The molecular formula is C22H30N4O3. The van der Waals surface area contributed by atoms with Crippen molar-refractivity contribution in [3.8, 4) is 0 Å². The van der Waals surface area contributed by atoms with Crippen LogP contribution < -0.4 is 5.32 Å². The number of hydrogen-bond acceptors (Lipinski definition) is 4. The number of aryl methyl sites for hydroxylation is 1. The van der Waals surface area contributed by atoms with E-state index in [2.05, 4.69) is 36.3 Å². The Morgan fingerprint density at radius 1 is 1.31 bits per heavy atom. The molecule has 0 radical (unpaired) electrons. The zero-order valence-corrected chi connectivity index (χ0v) is 17.6. The second kappa shape index (κ2) is 9.22. The number of amides is 2. The molecule has 1 N–H and O–H groups in total. The minimum Gasteiger partial charge on any atom is -0.375 e. The Kier molecular flexibility index (Phi) is 6.69. The SMILES string of the molecule is COCC(=O)N[C@@H]1CN(C(=O)Cc2cccc(C(C)C)c2)C[C@H]1c1nccn1C. The van der Waals surface area contributed by atoms with E-state index < -0.39 is 0 Å². The Morgan fingerprint density at radius 3 is 2.76 bits per heavy atom. The molecule has 1 aliphatic heterocycles. The van der Waals surface area contributed by atoms with Crippen molar-refractivity contribution in [2.45, 2.75) is 38.1 Å². The Hall–Kier alpha value is -2.67. The molecule has 1 aromatic carbocycles. The van der Waals surface area contributed by atoms with Gasteiger partial charge in [0.25, 0.3) is 0 Å². The fraction of sp³-hybridized carbons (Fsp3) is 0.500. The summed E-state index contributed by atoms with van der Waals surface area (Å²) in [6, 6.07) is 8.00. The van der Waals surface area contributed by atoms with Crippen LogP contribution in [0.2, 0.25) is 0 Å². The first-order valence-electron chi connectivity index (χ1n) is 10.0. The molecular weight excluding hydrogens is 368 g/mol. The fourth-order valence-electron chi connectivity index (χ4n) is 3.88. The summed E-state index contributed by atoms with van der Waals surface area (Å²) in [5.41, 5.74) is 2.24. The van der Waals surface area contributed by atoms with Gasteiger partial charge in [0.1, 0.15) is 12.4 Å². The topological polar surface area (TPSA) is 76.5 Å². The van der Waals surface area contributed by atoms with E-state index in [4.69, 9.17) is 4.74 Å². The fourth-order valence-corrected chi connectivity index (χ4v) is 3.88.